The fourth-order valence-electron chi connectivity index (χ4n) is 2.79. The standard InChI is InChI=1S/C20H19FN2O4/c1-12-8-13(2)19(14(3)9-12)20(24)26-11-18-22-17(23-27-18)10-25-16-6-4-15(21)5-7-16/h4-9H,10-11H2,1-3H3. The Labute approximate surface area is 155 Å². The Morgan fingerprint density at radius 2 is 1.74 bits per heavy atom. The van der Waals surface area contributed by atoms with Gasteiger partial charge >= 0.3 is 5.97 Å². The summed E-state index contributed by atoms with van der Waals surface area (Å²) in [7, 11) is 0. The van der Waals surface area contributed by atoms with Gasteiger partial charge in [-0.3, -0.25) is 0 Å². The zero-order valence-corrected chi connectivity index (χ0v) is 15.3. The minimum Gasteiger partial charge on any atom is -0.485 e. The van der Waals surface area contributed by atoms with Gasteiger partial charge in [0.15, 0.2) is 13.2 Å². The average molecular weight is 370 g/mol. The van der Waals surface area contributed by atoms with E-state index < -0.39 is 5.97 Å². The van der Waals surface area contributed by atoms with Gasteiger partial charge in [-0.1, -0.05) is 22.9 Å². The molecule has 0 unspecified atom stereocenters. The number of benzene rings is 2. The van der Waals surface area contributed by atoms with Gasteiger partial charge in [0.25, 0.3) is 5.89 Å². The molecule has 0 amide bonds. The summed E-state index contributed by atoms with van der Waals surface area (Å²) in [6, 6.07) is 9.47. The number of halogens is 1. The Hall–Kier alpha value is -3.22. The fraction of sp³-hybridized carbons (Fsp3) is 0.250. The lowest BCUT2D eigenvalue weighted by molar-refractivity contribution is 0.0428. The van der Waals surface area contributed by atoms with Crippen LogP contribution in [0.4, 0.5) is 4.39 Å². The van der Waals surface area contributed by atoms with Gasteiger partial charge in [0.1, 0.15) is 11.6 Å². The molecule has 0 aliphatic rings. The van der Waals surface area contributed by atoms with Crippen LogP contribution in [0.5, 0.6) is 5.75 Å². The molecule has 0 atom stereocenters. The maximum Gasteiger partial charge on any atom is 0.339 e. The van der Waals surface area contributed by atoms with E-state index in [1.54, 1.807) is 0 Å². The Bertz CT molecular complexity index is 928. The van der Waals surface area contributed by atoms with Crippen molar-refractivity contribution in [2.75, 3.05) is 0 Å². The SMILES string of the molecule is Cc1cc(C)c(C(=O)OCc2nc(COc3ccc(F)cc3)no2)c(C)c1. The second-order valence-corrected chi connectivity index (χ2v) is 6.20. The summed E-state index contributed by atoms with van der Waals surface area (Å²) in [4.78, 5) is 16.5. The second kappa shape index (κ2) is 7.99. The predicted molar refractivity (Wildman–Crippen MR) is 94.8 cm³/mol. The van der Waals surface area contributed by atoms with Crippen molar-refractivity contribution in [1.29, 1.82) is 0 Å². The topological polar surface area (TPSA) is 74.5 Å². The molecule has 0 aliphatic heterocycles. The highest BCUT2D eigenvalue weighted by atomic mass is 19.1. The number of hydrogen-bond donors (Lipinski definition) is 0. The van der Waals surface area contributed by atoms with Crippen molar-refractivity contribution in [3.05, 3.63) is 76.2 Å². The first-order valence-electron chi connectivity index (χ1n) is 8.37. The lowest BCUT2D eigenvalue weighted by Gasteiger charge is -2.09. The van der Waals surface area contributed by atoms with E-state index in [1.165, 1.54) is 24.3 Å². The molecule has 0 saturated carbocycles. The van der Waals surface area contributed by atoms with E-state index in [-0.39, 0.29) is 24.9 Å². The molecular formula is C20H19FN2O4. The van der Waals surface area contributed by atoms with Crippen LogP contribution in [0.25, 0.3) is 0 Å². The van der Waals surface area contributed by atoms with Crippen molar-refractivity contribution in [2.45, 2.75) is 34.0 Å². The molecule has 7 heteroatoms. The minimum absolute atomic E-state index is 0.0548. The van der Waals surface area contributed by atoms with E-state index in [9.17, 15) is 9.18 Å². The highest BCUT2D eigenvalue weighted by Gasteiger charge is 2.16. The summed E-state index contributed by atoms with van der Waals surface area (Å²) < 4.78 is 28.6. The zero-order valence-electron chi connectivity index (χ0n) is 15.3. The molecule has 1 aromatic heterocycles. The van der Waals surface area contributed by atoms with Crippen molar-refractivity contribution >= 4 is 5.97 Å². The zero-order chi connectivity index (χ0) is 19.4. The second-order valence-electron chi connectivity index (χ2n) is 6.20. The van der Waals surface area contributed by atoms with Crippen LogP contribution in [-0.4, -0.2) is 16.1 Å². The molecule has 27 heavy (non-hydrogen) atoms. The van der Waals surface area contributed by atoms with Gasteiger partial charge in [-0.05, 0) is 56.2 Å². The van der Waals surface area contributed by atoms with Crippen LogP contribution in [0, 0.1) is 26.6 Å². The number of rotatable bonds is 6. The third-order valence-electron chi connectivity index (χ3n) is 3.90. The van der Waals surface area contributed by atoms with Gasteiger partial charge in [0, 0.05) is 0 Å². The molecule has 3 rings (SSSR count). The molecule has 1 heterocycles. The summed E-state index contributed by atoms with van der Waals surface area (Å²) in [5.74, 6) is 0.174. The van der Waals surface area contributed by atoms with E-state index in [0.29, 0.717) is 17.1 Å². The van der Waals surface area contributed by atoms with E-state index in [2.05, 4.69) is 10.1 Å². The number of carbonyl (C=O) groups excluding carboxylic acids is 1. The molecule has 0 aliphatic carbocycles. The summed E-state index contributed by atoms with van der Waals surface area (Å²) in [6.07, 6.45) is 0. The summed E-state index contributed by atoms with van der Waals surface area (Å²) in [6.45, 7) is 5.64. The van der Waals surface area contributed by atoms with Crippen LogP contribution in [0.2, 0.25) is 0 Å². The van der Waals surface area contributed by atoms with Crippen molar-refractivity contribution in [3.63, 3.8) is 0 Å². The highest BCUT2D eigenvalue weighted by molar-refractivity contribution is 5.92. The Morgan fingerprint density at radius 1 is 1.07 bits per heavy atom. The van der Waals surface area contributed by atoms with Gasteiger partial charge in [0.2, 0.25) is 5.82 Å². The minimum atomic E-state index is -0.438. The lowest BCUT2D eigenvalue weighted by Crippen LogP contribution is -2.10. The lowest BCUT2D eigenvalue weighted by atomic mass is 10.00. The monoisotopic (exact) mass is 370 g/mol. The number of nitrogens with zero attached hydrogens (tertiary/aromatic N) is 2. The quantitative estimate of drug-likeness (QED) is 0.609. The summed E-state index contributed by atoms with van der Waals surface area (Å²) >= 11 is 0. The highest BCUT2D eigenvalue weighted by Crippen LogP contribution is 2.18. The van der Waals surface area contributed by atoms with E-state index >= 15 is 0 Å². The maximum atomic E-state index is 12.9. The first kappa shape index (κ1) is 18.6. The van der Waals surface area contributed by atoms with Crippen molar-refractivity contribution < 1.29 is 23.2 Å². The Morgan fingerprint density at radius 3 is 2.41 bits per heavy atom. The first-order valence-corrected chi connectivity index (χ1v) is 8.37. The molecule has 2 aromatic carbocycles. The van der Waals surface area contributed by atoms with Crippen LogP contribution in [0.15, 0.2) is 40.9 Å². The third-order valence-corrected chi connectivity index (χ3v) is 3.90. The van der Waals surface area contributed by atoms with Crippen molar-refractivity contribution in [1.82, 2.24) is 10.1 Å². The molecule has 140 valence electrons. The molecule has 3 aromatic rings. The number of carbonyl (C=O) groups is 1. The van der Waals surface area contributed by atoms with Crippen LogP contribution >= 0.6 is 0 Å². The maximum absolute atomic E-state index is 12.9. The molecule has 0 bridgehead atoms. The predicted octanol–water partition coefficient (Wildman–Crippen LogP) is 4.07. The molecular weight excluding hydrogens is 351 g/mol. The summed E-state index contributed by atoms with van der Waals surface area (Å²) in [5, 5.41) is 3.77. The Balaban J connectivity index is 1.56. The number of aromatic nitrogens is 2. The smallest absolute Gasteiger partial charge is 0.339 e. The Kier molecular flexibility index (Phi) is 5.49. The van der Waals surface area contributed by atoms with Crippen LogP contribution in [0.3, 0.4) is 0 Å². The van der Waals surface area contributed by atoms with Gasteiger partial charge in [-0.2, -0.15) is 4.98 Å². The van der Waals surface area contributed by atoms with Crippen molar-refractivity contribution in [3.8, 4) is 5.75 Å². The van der Waals surface area contributed by atoms with Gasteiger partial charge in [-0.25, -0.2) is 9.18 Å². The largest absolute Gasteiger partial charge is 0.485 e. The molecule has 0 fully saturated rings. The van der Waals surface area contributed by atoms with E-state index in [1.807, 2.05) is 32.9 Å². The summed E-state index contributed by atoms with van der Waals surface area (Å²) in [5.41, 5.74) is 3.34. The van der Waals surface area contributed by atoms with E-state index in [0.717, 1.165) is 16.7 Å². The normalized spacial score (nSPS) is 10.7. The van der Waals surface area contributed by atoms with Crippen molar-refractivity contribution in [2.24, 2.45) is 0 Å². The molecule has 0 saturated heterocycles. The van der Waals surface area contributed by atoms with E-state index in [4.69, 9.17) is 14.0 Å². The molecule has 6 nitrogen and oxygen atoms in total. The average Bonchev–Trinajstić information content (AvgIpc) is 3.06. The number of esters is 1. The van der Waals surface area contributed by atoms with Crippen LogP contribution < -0.4 is 4.74 Å². The number of aryl methyl sites for hydroxylation is 3. The van der Waals surface area contributed by atoms with Gasteiger partial charge in [0.05, 0.1) is 5.56 Å². The number of ether oxygens (including phenoxy) is 2. The van der Waals surface area contributed by atoms with Crippen LogP contribution in [0.1, 0.15) is 38.8 Å². The first-order chi connectivity index (χ1) is 12.9. The molecule has 0 spiro atoms. The fourth-order valence-corrected chi connectivity index (χ4v) is 2.79. The van der Waals surface area contributed by atoms with Crippen LogP contribution in [-0.2, 0) is 18.0 Å². The number of hydrogen-bond acceptors (Lipinski definition) is 6. The van der Waals surface area contributed by atoms with Gasteiger partial charge < -0.3 is 14.0 Å². The third kappa shape index (κ3) is 4.69. The van der Waals surface area contributed by atoms with Gasteiger partial charge in [-0.15, -0.1) is 0 Å². The molecule has 0 radical (unpaired) electrons. The molecule has 0 N–H and O–H groups in total.